The van der Waals surface area contributed by atoms with Crippen LogP contribution < -0.4 is 65.5 Å². The zero-order valence-corrected chi connectivity index (χ0v) is 38.0. The van der Waals surface area contributed by atoms with Crippen molar-refractivity contribution in [3.63, 3.8) is 0 Å². The number of nitrogens with one attached hydrogen (secondary N) is 9. The molecule has 2 heterocycles. The number of carbonyl (C=O) groups is 8. The maximum atomic E-state index is 14.2. The molecular formula is C43H69N15O8. The molecule has 0 spiro atoms. The highest BCUT2D eigenvalue weighted by molar-refractivity contribution is 5.97. The van der Waals surface area contributed by atoms with Gasteiger partial charge < -0.3 is 70.5 Å². The number of hydrogen-bond donors (Lipinski definition) is 13. The summed E-state index contributed by atoms with van der Waals surface area (Å²) in [5.41, 5.74) is 24.2. The number of guanidine groups is 1. The van der Waals surface area contributed by atoms with Crippen molar-refractivity contribution in [1.29, 1.82) is 0 Å². The number of hydrogen-bond acceptors (Lipinski definition) is 12. The number of nitrogens with two attached hydrogens (primary N) is 4. The number of imidazole rings is 1. The number of rotatable bonds is 22. The first kappa shape index (κ1) is 53.7. The van der Waals surface area contributed by atoms with Gasteiger partial charge >= 0.3 is 0 Å². The van der Waals surface area contributed by atoms with Crippen LogP contribution >= 0.6 is 0 Å². The first-order chi connectivity index (χ1) is 31.5. The molecule has 0 saturated carbocycles. The van der Waals surface area contributed by atoms with Crippen LogP contribution in [-0.2, 0) is 51.2 Å². The lowest BCUT2D eigenvalue weighted by molar-refractivity contribution is -0.135. The molecule has 23 heteroatoms. The summed E-state index contributed by atoms with van der Waals surface area (Å²) in [6.45, 7) is 5.27. The van der Waals surface area contributed by atoms with Crippen LogP contribution in [0.25, 0.3) is 0 Å². The molecule has 1 aliphatic rings. The van der Waals surface area contributed by atoms with E-state index >= 15 is 0 Å². The minimum Gasteiger partial charge on any atom is -0.370 e. The molecule has 1 fully saturated rings. The van der Waals surface area contributed by atoms with E-state index in [0.717, 1.165) is 5.56 Å². The van der Waals surface area contributed by atoms with Crippen LogP contribution in [0.1, 0.15) is 83.4 Å². The van der Waals surface area contributed by atoms with Crippen molar-refractivity contribution in [2.24, 2.45) is 33.8 Å². The van der Waals surface area contributed by atoms with Gasteiger partial charge in [0.15, 0.2) is 5.96 Å². The van der Waals surface area contributed by atoms with Crippen molar-refractivity contribution in [2.45, 2.75) is 127 Å². The molecule has 66 heavy (non-hydrogen) atoms. The van der Waals surface area contributed by atoms with Crippen LogP contribution in [0.2, 0.25) is 0 Å². The van der Waals surface area contributed by atoms with E-state index in [9.17, 15) is 38.4 Å². The Labute approximate surface area is 384 Å². The fraction of sp³-hybridized carbons (Fsp3) is 0.581. The third-order valence-corrected chi connectivity index (χ3v) is 10.5. The number of aromatic amines is 1. The molecule has 0 bridgehead atoms. The molecule has 8 amide bonds. The lowest BCUT2D eigenvalue weighted by Gasteiger charge is -2.28. The van der Waals surface area contributed by atoms with Crippen molar-refractivity contribution in [3.05, 3.63) is 54.1 Å². The largest absolute Gasteiger partial charge is 0.370 e. The predicted octanol–water partition coefficient (Wildman–Crippen LogP) is -3.29. The van der Waals surface area contributed by atoms with Gasteiger partial charge in [0.1, 0.15) is 36.3 Å². The number of aliphatic imine (C=N–C) groups is 1. The van der Waals surface area contributed by atoms with Crippen molar-refractivity contribution in [3.8, 4) is 0 Å². The average Bonchev–Trinajstić information content (AvgIpc) is 3.79. The van der Waals surface area contributed by atoms with Crippen molar-refractivity contribution in [1.82, 2.24) is 52.5 Å². The van der Waals surface area contributed by atoms with Gasteiger partial charge in [-0.05, 0) is 76.3 Å². The number of unbranched alkanes of at least 4 members (excludes halogenated alkanes) is 1. The zero-order chi connectivity index (χ0) is 48.6. The average molecular weight is 924 g/mol. The SMILES string of the molecule is CC(C)C[C@@H]1NC(=O)[C@@H](NC(=O)[C@H](CCCN=C(N)N)NC(=O)[C@H](CCCCN)NC(=O)[C@H](C)NC(=O)[C@@H](N)Cc2cnc[nH]2)CCCNC(=O)CNC(=O)[C@H](Cc2ccccc2)NC1=O. The minimum atomic E-state index is -1.28. The van der Waals surface area contributed by atoms with Crippen LogP contribution in [0.3, 0.4) is 0 Å². The van der Waals surface area contributed by atoms with Gasteiger partial charge in [0.25, 0.3) is 0 Å². The van der Waals surface area contributed by atoms with Gasteiger partial charge in [-0.3, -0.25) is 43.3 Å². The molecule has 2 aromatic rings. The Morgan fingerprint density at radius 1 is 0.818 bits per heavy atom. The van der Waals surface area contributed by atoms with E-state index in [4.69, 9.17) is 22.9 Å². The highest BCUT2D eigenvalue weighted by Crippen LogP contribution is 2.11. The molecule has 3 rings (SSSR count). The van der Waals surface area contributed by atoms with Crippen LogP contribution in [-0.4, -0.2) is 132 Å². The summed E-state index contributed by atoms with van der Waals surface area (Å²) in [4.78, 5) is 119. The molecule has 17 N–H and O–H groups in total. The third kappa shape index (κ3) is 19.6. The molecule has 1 saturated heterocycles. The zero-order valence-electron chi connectivity index (χ0n) is 38.0. The highest BCUT2D eigenvalue weighted by atomic mass is 16.2. The Morgan fingerprint density at radius 2 is 1.50 bits per heavy atom. The Kier molecular flexibility index (Phi) is 23.1. The lowest BCUT2D eigenvalue weighted by atomic mass is 10.00. The predicted molar refractivity (Wildman–Crippen MR) is 245 cm³/mol. The number of amides is 8. The lowest BCUT2D eigenvalue weighted by Crippen LogP contribution is -2.60. The topological polar surface area (TPSA) is 378 Å². The van der Waals surface area contributed by atoms with Crippen molar-refractivity contribution >= 4 is 53.2 Å². The fourth-order valence-electron chi connectivity index (χ4n) is 6.95. The van der Waals surface area contributed by atoms with E-state index in [-0.39, 0.29) is 82.9 Å². The van der Waals surface area contributed by atoms with Crippen LogP contribution in [0.15, 0.2) is 47.8 Å². The van der Waals surface area contributed by atoms with Crippen molar-refractivity contribution < 1.29 is 38.4 Å². The van der Waals surface area contributed by atoms with Gasteiger partial charge in [-0.15, -0.1) is 0 Å². The first-order valence-electron chi connectivity index (χ1n) is 22.4. The van der Waals surface area contributed by atoms with E-state index in [2.05, 4.69) is 57.5 Å². The molecule has 1 aromatic heterocycles. The normalized spacial score (nSPS) is 19.2. The van der Waals surface area contributed by atoms with Gasteiger partial charge in [0.2, 0.25) is 47.3 Å². The molecular weight excluding hydrogens is 855 g/mol. The van der Waals surface area contributed by atoms with Gasteiger partial charge in [-0.25, -0.2) is 4.98 Å². The standard InChI is InChI=1S/C43H69N15O8/c1-25(2)19-33-42(66)58-34(20-27-11-5-4-6-12-27)38(62)51-23-35(59)49-17-9-14-32(41(65)57-33)56-40(64)31(15-10-18-50-43(46)47)55-39(63)30(13-7-8-16-44)54-36(60)26(3)53-37(61)29(45)21-28-22-48-24-52-28/h4-6,11-12,22,24-26,29-34H,7-10,13-21,23,44-45H2,1-3H3,(H,48,52)(H,49,59)(H,51,62)(H,53,61)(H,54,60)(H,55,63)(H,56,64)(H,57,65)(H,58,66)(H4,46,47,50)/t26-,29-,30-,31-,32-,33-,34-/m0/s1. The molecule has 0 unspecified atom stereocenters. The van der Waals surface area contributed by atoms with Crippen LogP contribution in [0, 0.1) is 5.92 Å². The number of H-pyrrole nitrogens is 1. The summed E-state index contributed by atoms with van der Waals surface area (Å²) in [7, 11) is 0. The second-order valence-electron chi connectivity index (χ2n) is 16.7. The monoisotopic (exact) mass is 924 g/mol. The van der Waals surface area contributed by atoms with E-state index in [1.165, 1.54) is 19.4 Å². The smallest absolute Gasteiger partial charge is 0.243 e. The van der Waals surface area contributed by atoms with Gasteiger partial charge in [0, 0.05) is 37.8 Å². The summed E-state index contributed by atoms with van der Waals surface area (Å²) in [5.74, 6) is -5.52. The third-order valence-electron chi connectivity index (χ3n) is 10.5. The minimum absolute atomic E-state index is 0.00153. The van der Waals surface area contributed by atoms with E-state index < -0.39 is 89.6 Å². The summed E-state index contributed by atoms with van der Waals surface area (Å²) < 4.78 is 0. The Balaban J connectivity index is 1.85. The maximum absolute atomic E-state index is 14.2. The van der Waals surface area contributed by atoms with E-state index in [1.807, 2.05) is 19.9 Å². The maximum Gasteiger partial charge on any atom is 0.243 e. The molecule has 1 aliphatic heterocycles. The molecule has 1 aromatic carbocycles. The summed E-state index contributed by atoms with van der Waals surface area (Å²) in [6, 6.07) is 0.935. The highest BCUT2D eigenvalue weighted by Gasteiger charge is 2.34. The number of benzene rings is 1. The van der Waals surface area contributed by atoms with Crippen molar-refractivity contribution in [2.75, 3.05) is 26.2 Å². The second kappa shape index (κ2) is 28.3. The molecule has 0 aliphatic carbocycles. The summed E-state index contributed by atoms with van der Waals surface area (Å²) in [5, 5.41) is 21.5. The Bertz CT molecular complexity index is 1930. The number of aromatic nitrogens is 2. The van der Waals surface area contributed by atoms with E-state index in [1.54, 1.807) is 24.3 Å². The summed E-state index contributed by atoms with van der Waals surface area (Å²) >= 11 is 0. The van der Waals surface area contributed by atoms with E-state index in [0.29, 0.717) is 25.1 Å². The van der Waals surface area contributed by atoms with Gasteiger partial charge in [0.05, 0.1) is 18.9 Å². The Hall–Kier alpha value is -6.62. The quantitative estimate of drug-likeness (QED) is 0.0313. The molecule has 23 nitrogen and oxygen atoms in total. The molecule has 7 atom stereocenters. The molecule has 0 radical (unpaired) electrons. The summed E-state index contributed by atoms with van der Waals surface area (Å²) in [6.07, 6.45) is 4.85. The second-order valence-corrected chi connectivity index (χ2v) is 16.7. The fourth-order valence-corrected chi connectivity index (χ4v) is 6.95. The first-order valence-corrected chi connectivity index (χ1v) is 22.4. The van der Waals surface area contributed by atoms with Gasteiger partial charge in [-0.1, -0.05) is 44.2 Å². The van der Waals surface area contributed by atoms with Crippen LogP contribution in [0.5, 0.6) is 0 Å². The van der Waals surface area contributed by atoms with Crippen LogP contribution in [0.4, 0.5) is 0 Å². The number of nitrogens with zero attached hydrogens (tertiary/aromatic N) is 2. The number of carbonyl (C=O) groups excluding carboxylic acids is 8. The van der Waals surface area contributed by atoms with Gasteiger partial charge in [-0.2, -0.15) is 0 Å². The molecule has 364 valence electrons. The Morgan fingerprint density at radius 3 is 2.17 bits per heavy atom.